The molecule has 6 nitrogen and oxygen atoms in total. The van der Waals surface area contributed by atoms with Gasteiger partial charge < -0.3 is 15.5 Å². The van der Waals surface area contributed by atoms with Crippen molar-refractivity contribution in [2.75, 3.05) is 18.5 Å². The van der Waals surface area contributed by atoms with Gasteiger partial charge in [0.05, 0.1) is 30.2 Å². The van der Waals surface area contributed by atoms with Crippen LogP contribution in [-0.4, -0.2) is 35.4 Å². The van der Waals surface area contributed by atoms with E-state index in [2.05, 4.69) is 11.2 Å². The highest BCUT2D eigenvalue weighted by molar-refractivity contribution is 6.00. The fourth-order valence-corrected chi connectivity index (χ4v) is 2.03. The minimum Gasteiger partial charge on any atom is -0.393 e. The molecular formula is C18H15F3N2O4. The summed E-state index contributed by atoms with van der Waals surface area (Å²) in [7, 11) is 0. The molecule has 142 valence electrons. The second-order valence-corrected chi connectivity index (χ2v) is 5.28. The van der Waals surface area contributed by atoms with Crippen LogP contribution < -0.4 is 10.8 Å². The number of anilines is 2. The highest BCUT2D eigenvalue weighted by atomic mass is 19.2. The van der Waals surface area contributed by atoms with Gasteiger partial charge in [-0.15, -0.1) is 6.42 Å². The second-order valence-electron chi connectivity index (χ2n) is 5.28. The van der Waals surface area contributed by atoms with Gasteiger partial charge in [0.25, 0.3) is 5.91 Å². The van der Waals surface area contributed by atoms with Crippen molar-refractivity contribution in [2.24, 2.45) is 0 Å². The van der Waals surface area contributed by atoms with E-state index in [4.69, 9.17) is 21.5 Å². The lowest BCUT2D eigenvalue weighted by Gasteiger charge is -2.16. The maximum atomic E-state index is 14.2. The summed E-state index contributed by atoms with van der Waals surface area (Å²) >= 11 is 0. The molecule has 9 heteroatoms. The van der Waals surface area contributed by atoms with Gasteiger partial charge in [-0.3, -0.25) is 9.63 Å². The van der Waals surface area contributed by atoms with Crippen molar-refractivity contribution < 1.29 is 33.0 Å². The minimum absolute atomic E-state index is 0.239. The number of nitrogens with one attached hydrogen (secondary N) is 2. The van der Waals surface area contributed by atoms with E-state index >= 15 is 0 Å². The molecule has 1 amide bonds. The standard InChI is InChI=1S/C18H15F3N2O4/c1-2-10-3-6-15(14(20)7-10)22-17-12(4-5-13(19)16(17)21)18(26)23-27-11(8-24)9-25/h1,3-7,11,22,24-25H,8-9H2,(H,23,26). The third-order valence-electron chi connectivity index (χ3n) is 3.46. The molecule has 0 aromatic heterocycles. The van der Waals surface area contributed by atoms with Crippen molar-refractivity contribution in [3.63, 3.8) is 0 Å². The smallest absolute Gasteiger partial charge is 0.277 e. The number of aliphatic hydroxyl groups is 2. The number of aliphatic hydroxyl groups excluding tert-OH is 2. The third kappa shape index (κ3) is 4.77. The average Bonchev–Trinajstić information content (AvgIpc) is 2.67. The Morgan fingerprint density at radius 3 is 2.44 bits per heavy atom. The number of amides is 1. The Labute approximate surface area is 152 Å². The van der Waals surface area contributed by atoms with Crippen LogP contribution in [0.5, 0.6) is 0 Å². The summed E-state index contributed by atoms with van der Waals surface area (Å²) in [6, 6.07) is 5.26. The van der Waals surface area contributed by atoms with Crippen LogP contribution in [0.1, 0.15) is 15.9 Å². The van der Waals surface area contributed by atoms with Crippen LogP contribution in [0.15, 0.2) is 30.3 Å². The van der Waals surface area contributed by atoms with Crippen molar-refractivity contribution in [1.29, 1.82) is 0 Å². The molecule has 0 aliphatic rings. The van der Waals surface area contributed by atoms with Crippen LogP contribution in [0.4, 0.5) is 24.5 Å². The summed E-state index contributed by atoms with van der Waals surface area (Å²) < 4.78 is 41.9. The SMILES string of the molecule is C#Cc1ccc(Nc2c(C(=O)NOC(CO)CO)ccc(F)c2F)c(F)c1. The first-order valence-electron chi connectivity index (χ1n) is 7.60. The first kappa shape index (κ1) is 20.3. The molecule has 0 heterocycles. The molecule has 0 saturated heterocycles. The molecule has 0 fully saturated rings. The molecule has 2 rings (SSSR count). The van der Waals surface area contributed by atoms with E-state index in [-0.39, 0.29) is 11.3 Å². The first-order chi connectivity index (χ1) is 12.9. The maximum absolute atomic E-state index is 14.2. The average molecular weight is 380 g/mol. The highest BCUT2D eigenvalue weighted by Crippen LogP contribution is 2.28. The predicted molar refractivity (Wildman–Crippen MR) is 90.5 cm³/mol. The van der Waals surface area contributed by atoms with Gasteiger partial charge in [0.15, 0.2) is 11.6 Å². The summed E-state index contributed by atoms with van der Waals surface area (Å²) in [5, 5.41) is 20.1. The Morgan fingerprint density at radius 1 is 1.15 bits per heavy atom. The number of carbonyl (C=O) groups is 1. The lowest BCUT2D eigenvalue weighted by Crippen LogP contribution is -2.34. The zero-order valence-corrected chi connectivity index (χ0v) is 13.8. The van der Waals surface area contributed by atoms with Crippen molar-refractivity contribution >= 4 is 17.3 Å². The molecule has 27 heavy (non-hydrogen) atoms. The van der Waals surface area contributed by atoms with Crippen LogP contribution in [-0.2, 0) is 4.84 Å². The molecule has 2 aromatic rings. The van der Waals surface area contributed by atoms with Gasteiger partial charge in [-0.25, -0.2) is 18.7 Å². The molecule has 2 aromatic carbocycles. The summed E-state index contributed by atoms with van der Waals surface area (Å²) in [5.74, 6) is -2.30. The Balaban J connectivity index is 2.34. The van der Waals surface area contributed by atoms with Crippen molar-refractivity contribution in [3.8, 4) is 12.3 Å². The molecule has 0 aliphatic carbocycles. The number of hydrogen-bond acceptors (Lipinski definition) is 5. The summed E-state index contributed by atoms with van der Waals surface area (Å²) in [4.78, 5) is 16.9. The lowest BCUT2D eigenvalue weighted by atomic mass is 10.1. The number of terminal acetylenes is 1. The van der Waals surface area contributed by atoms with Crippen molar-refractivity contribution in [2.45, 2.75) is 6.10 Å². The zero-order chi connectivity index (χ0) is 20.0. The second kappa shape index (κ2) is 9.05. The van der Waals surface area contributed by atoms with Gasteiger partial charge >= 0.3 is 0 Å². The van der Waals surface area contributed by atoms with Gasteiger partial charge in [0.1, 0.15) is 11.9 Å². The predicted octanol–water partition coefficient (Wildman–Crippen LogP) is 1.84. The lowest BCUT2D eigenvalue weighted by molar-refractivity contribution is -0.0618. The topological polar surface area (TPSA) is 90.8 Å². The summed E-state index contributed by atoms with van der Waals surface area (Å²) in [6.07, 6.45) is 4.05. The number of halogens is 3. The van der Waals surface area contributed by atoms with Crippen LogP contribution in [0.3, 0.4) is 0 Å². The molecule has 0 saturated carbocycles. The van der Waals surface area contributed by atoms with E-state index in [1.54, 1.807) is 0 Å². The quantitative estimate of drug-likeness (QED) is 0.435. The first-order valence-corrected chi connectivity index (χ1v) is 7.60. The fourth-order valence-electron chi connectivity index (χ4n) is 2.03. The zero-order valence-electron chi connectivity index (χ0n) is 13.8. The maximum Gasteiger partial charge on any atom is 0.277 e. The van der Waals surface area contributed by atoms with E-state index in [0.29, 0.717) is 6.07 Å². The number of rotatable bonds is 7. The van der Waals surface area contributed by atoms with E-state index in [1.165, 1.54) is 12.1 Å². The van der Waals surface area contributed by atoms with E-state index in [9.17, 15) is 18.0 Å². The van der Waals surface area contributed by atoms with Gasteiger partial charge in [-0.2, -0.15) is 0 Å². The van der Waals surface area contributed by atoms with Crippen LogP contribution in [0.25, 0.3) is 0 Å². The molecule has 0 aliphatic heterocycles. The number of carbonyl (C=O) groups excluding carboxylic acids is 1. The molecule has 0 radical (unpaired) electrons. The molecular weight excluding hydrogens is 365 g/mol. The van der Waals surface area contributed by atoms with E-state index in [0.717, 1.165) is 12.1 Å². The third-order valence-corrected chi connectivity index (χ3v) is 3.46. The monoisotopic (exact) mass is 380 g/mol. The van der Waals surface area contributed by atoms with Gasteiger partial charge in [0.2, 0.25) is 0 Å². The Hall–Kier alpha value is -3.06. The largest absolute Gasteiger partial charge is 0.393 e. The van der Waals surface area contributed by atoms with Crippen LogP contribution in [0, 0.1) is 29.8 Å². The molecule has 0 spiro atoms. The highest BCUT2D eigenvalue weighted by Gasteiger charge is 2.21. The van der Waals surface area contributed by atoms with Gasteiger partial charge in [-0.1, -0.05) is 5.92 Å². The van der Waals surface area contributed by atoms with Crippen molar-refractivity contribution in [1.82, 2.24) is 5.48 Å². The van der Waals surface area contributed by atoms with Crippen LogP contribution in [0.2, 0.25) is 0 Å². The summed E-state index contributed by atoms with van der Waals surface area (Å²) in [5.41, 5.74) is 0.868. The van der Waals surface area contributed by atoms with Gasteiger partial charge in [-0.05, 0) is 30.3 Å². The number of hydrogen-bond donors (Lipinski definition) is 4. The van der Waals surface area contributed by atoms with Crippen LogP contribution >= 0.6 is 0 Å². The Morgan fingerprint density at radius 2 is 1.85 bits per heavy atom. The fraction of sp³-hybridized carbons (Fsp3) is 0.167. The number of benzene rings is 2. The molecule has 4 N–H and O–H groups in total. The molecule has 0 atom stereocenters. The minimum atomic E-state index is -1.41. The summed E-state index contributed by atoms with van der Waals surface area (Å²) in [6.45, 7) is -1.18. The van der Waals surface area contributed by atoms with Gasteiger partial charge in [0, 0.05) is 5.56 Å². The normalized spacial score (nSPS) is 10.6. The Kier molecular flexibility index (Phi) is 6.79. The number of hydroxylamine groups is 1. The van der Waals surface area contributed by atoms with Crippen molar-refractivity contribution in [3.05, 3.63) is 58.9 Å². The van der Waals surface area contributed by atoms with E-state index in [1.807, 2.05) is 5.48 Å². The van der Waals surface area contributed by atoms with E-state index < -0.39 is 53.9 Å². The Bertz CT molecular complexity index is 880. The molecule has 0 unspecified atom stereocenters. The molecule has 0 bridgehead atoms.